The third kappa shape index (κ3) is 4.90. The van der Waals surface area contributed by atoms with Gasteiger partial charge in [-0.05, 0) is 169 Å². The van der Waals surface area contributed by atoms with Gasteiger partial charge in [-0.2, -0.15) is 0 Å². The van der Waals surface area contributed by atoms with Crippen LogP contribution in [0.2, 0.25) is 0 Å². The van der Waals surface area contributed by atoms with E-state index in [0.717, 1.165) is 6.42 Å². The fourth-order valence-corrected chi connectivity index (χ4v) is 9.44. The molecule has 0 aromatic heterocycles. The number of benzene rings is 5. The molecular weight excluding hydrogens is 588 g/mol. The average molecular weight is 642 g/mol. The molecule has 2 aliphatic rings. The number of hydrogen-bond donors (Lipinski definition) is 0. The van der Waals surface area contributed by atoms with Crippen molar-refractivity contribution in [2.75, 3.05) is 4.90 Å². The molecule has 0 bridgehead atoms. The minimum Gasteiger partial charge on any atom is -0.313 e. The van der Waals surface area contributed by atoms with Crippen LogP contribution in [0.5, 0.6) is 0 Å². The van der Waals surface area contributed by atoms with Gasteiger partial charge in [-0.25, -0.2) is 0 Å². The fraction of sp³-hybridized carbons (Fsp3) is 0.348. The van der Waals surface area contributed by atoms with Crippen molar-refractivity contribution in [1.82, 2.24) is 0 Å². The molecule has 2 heterocycles. The highest BCUT2D eigenvalue weighted by molar-refractivity contribution is 7.02. The summed E-state index contributed by atoms with van der Waals surface area (Å²) >= 11 is 0. The second-order valence-corrected chi connectivity index (χ2v) is 15.6. The van der Waals surface area contributed by atoms with Gasteiger partial charge in [-0.3, -0.25) is 0 Å². The van der Waals surface area contributed by atoms with E-state index in [1.165, 1.54) is 135 Å². The normalized spacial score (nSPS) is 13.1. The highest BCUT2D eigenvalue weighted by Gasteiger charge is 2.45. The zero-order chi connectivity index (χ0) is 35.2. The summed E-state index contributed by atoms with van der Waals surface area (Å²) < 4.78 is 0. The molecule has 0 saturated heterocycles. The first-order chi connectivity index (χ1) is 23.3. The summed E-state index contributed by atoms with van der Waals surface area (Å²) in [4.78, 5) is 2.65. The van der Waals surface area contributed by atoms with Crippen LogP contribution >= 0.6 is 0 Å². The number of rotatable bonds is 5. The molecule has 0 spiro atoms. The van der Waals surface area contributed by atoms with Crippen molar-refractivity contribution in [2.24, 2.45) is 0 Å². The molecule has 0 amide bonds. The van der Waals surface area contributed by atoms with E-state index < -0.39 is 0 Å². The predicted molar refractivity (Wildman–Crippen MR) is 219 cm³/mol. The number of anilines is 3. The Balaban J connectivity index is 1.68. The molecule has 2 aliphatic heterocycles. The van der Waals surface area contributed by atoms with Crippen LogP contribution in [0.1, 0.15) is 92.1 Å². The number of fused-ring (bicyclic) bond motifs is 4. The van der Waals surface area contributed by atoms with Gasteiger partial charge in [0.1, 0.15) is 0 Å². The van der Waals surface area contributed by atoms with Crippen molar-refractivity contribution in [3.8, 4) is 0 Å². The maximum absolute atomic E-state index is 2.65. The SMILES string of the molecule is CCCCc1cc2c3c(c1)B(c1c(C)c(C)c(C)c(C)c1C)c1cc(C)ccc1N3c1ccc(C)cc1B2c1c(C)c(C)c(C)c(C)c1C. The molecule has 0 unspecified atom stereocenters. The lowest BCUT2D eigenvalue weighted by atomic mass is 9.29. The largest absolute Gasteiger partial charge is 0.313 e. The third-order valence-electron chi connectivity index (χ3n) is 13.1. The molecule has 0 aliphatic carbocycles. The monoisotopic (exact) mass is 641 g/mol. The van der Waals surface area contributed by atoms with Gasteiger partial charge in [0.2, 0.25) is 13.4 Å². The molecule has 1 nitrogen and oxygen atoms in total. The van der Waals surface area contributed by atoms with Crippen LogP contribution in [0.25, 0.3) is 0 Å². The van der Waals surface area contributed by atoms with Gasteiger partial charge in [0.05, 0.1) is 0 Å². The Bertz CT molecular complexity index is 2000. The molecule has 5 aromatic rings. The Morgan fingerprint density at radius 1 is 0.449 bits per heavy atom. The van der Waals surface area contributed by atoms with Gasteiger partial charge in [-0.1, -0.05) is 94.0 Å². The first-order valence-electron chi connectivity index (χ1n) is 18.6. The zero-order valence-electron chi connectivity index (χ0n) is 32.3. The Labute approximate surface area is 297 Å². The molecule has 248 valence electrons. The summed E-state index contributed by atoms with van der Waals surface area (Å²) in [6, 6.07) is 19.7. The Morgan fingerprint density at radius 2 is 0.816 bits per heavy atom. The van der Waals surface area contributed by atoms with Crippen molar-refractivity contribution in [3.63, 3.8) is 0 Å². The summed E-state index contributed by atoms with van der Waals surface area (Å²) in [5, 5.41) is 0. The summed E-state index contributed by atoms with van der Waals surface area (Å²) in [5.41, 5.74) is 31.4. The van der Waals surface area contributed by atoms with Crippen molar-refractivity contribution in [2.45, 2.75) is 109 Å². The topological polar surface area (TPSA) is 3.24 Å². The lowest BCUT2D eigenvalue weighted by Crippen LogP contribution is -2.66. The minimum atomic E-state index is 0.163. The maximum Gasteiger partial charge on any atom is 0.247 e. The number of nitrogens with zero attached hydrogens (tertiary/aromatic N) is 1. The minimum absolute atomic E-state index is 0.163. The summed E-state index contributed by atoms with van der Waals surface area (Å²) in [7, 11) is 0. The Morgan fingerprint density at radius 3 is 1.18 bits per heavy atom. The number of aryl methyl sites for hydroxylation is 3. The van der Waals surface area contributed by atoms with Crippen LogP contribution in [0.3, 0.4) is 0 Å². The second kappa shape index (κ2) is 12.1. The van der Waals surface area contributed by atoms with Crippen LogP contribution in [0.4, 0.5) is 17.1 Å². The van der Waals surface area contributed by atoms with Crippen molar-refractivity contribution < 1.29 is 0 Å². The van der Waals surface area contributed by atoms with Gasteiger partial charge >= 0.3 is 0 Å². The van der Waals surface area contributed by atoms with E-state index in [2.05, 4.69) is 143 Å². The number of unbranched alkanes of at least 4 members (excludes halogenated alkanes) is 1. The van der Waals surface area contributed by atoms with Crippen LogP contribution in [-0.4, -0.2) is 13.4 Å². The highest BCUT2D eigenvalue weighted by Crippen LogP contribution is 2.39. The predicted octanol–water partition coefficient (Wildman–Crippen LogP) is 7.86. The second-order valence-electron chi connectivity index (χ2n) is 15.6. The van der Waals surface area contributed by atoms with Crippen LogP contribution in [0, 0.1) is 83.1 Å². The van der Waals surface area contributed by atoms with E-state index in [9.17, 15) is 0 Å². The summed E-state index contributed by atoms with van der Waals surface area (Å²) in [6.07, 6.45) is 3.49. The Kier molecular flexibility index (Phi) is 8.29. The van der Waals surface area contributed by atoms with E-state index in [1.54, 1.807) is 0 Å². The van der Waals surface area contributed by atoms with Gasteiger partial charge < -0.3 is 4.90 Å². The standard InChI is InChI=1S/C46H53B2N/c1-14-15-16-37-23-40-46-41(24-37)48(45-35(12)31(8)28(5)32(9)36(45)13)39-22-26(3)18-20-43(39)49(46)42-19-17-25(2)21-38(42)47(40)44-33(10)29(6)27(4)30(7)34(44)11/h17-24H,14-16H2,1-13H3. The van der Waals surface area contributed by atoms with Gasteiger partial charge in [0.15, 0.2) is 0 Å². The van der Waals surface area contributed by atoms with E-state index in [0.29, 0.717) is 0 Å². The van der Waals surface area contributed by atoms with E-state index in [1.807, 2.05) is 0 Å². The van der Waals surface area contributed by atoms with Crippen molar-refractivity contribution in [3.05, 3.63) is 121 Å². The summed E-state index contributed by atoms with van der Waals surface area (Å²) in [6.45, 7) is 30.6. The smallest absolute Gasteiger partial charge is 0.247 e. The fourth-order valence-electron chi connectivity index (χ4n) is 9.44. The van der Waals surface area contributed by atoms with Crippen LogP contribution in [0.15, 0.2) is 48.5 Å². The highest BCUT2D eigenvalue weighted by atomic mass is 15.2. The van der Waals surface area contributed by atoms with E-state index >= 15 is 0 Å². The summed E-state index contributed by atoms with van der Waals surface area (Å²) in [5.74, 6) is 0. The third-order valence-corrected chi connectivity index (χ3v) is 13.1. The van der Waals surface area contributed by atoms with Crippen molar-refractivity contribution >= 4 is 63.3 Å². The first kappa shape index (κ1) is 33.5. The first-order valence-corrected chi connectivity index (χ1v) is 18.6. The van der Waals surface area contributed by atoms with Gasteiger partial charge in [0, 0.05) is 17.1 Å². The maximum atomic E-state index is 2.65. The van der Waals surface area contributed by atoms with Gasteiger partial charge in [-0.15, -0.1) is 0 Å². The molecule has 5 aromatic carbocycles. The molecule has 3 heteroatoms. The van der Waals surface area contributed by atoms with Crippen LogP contribution in [-0.2, 0) is 6.42 Å². The van der Waals surface area contributed by atoms with Crippen molar-refractivity contribution in [1.29, 1.82) is 0 Å². The zero-order valence-corrected chi connectivity index (χ0v) is 32.3. The molecule has 0 atom stereocenters. The molecule has 0 N–H and O–H groups in total. The van der Waals surface area contributed by atoms with Crippen LogP contribution < -0.4 is 37.7 Å². The Hall–Kier alpha value is -3.97. The molecule has 0 radical (unpaired) electrons. The average Bonchev–Trinajstić information content (AvgIpc) is 3.08. The van der Waals surface area contributed by atoms with Gasteiger partial charge in [0.25, 0.3) is 0 Å². The molecule has 0 fully saturated rings. The molecule has 49 heavy (non-hydrogen) atoms. The molecule has 7 rings (SSSR count). The molecule has 0 saturated carbocycles. The van der Waals surface area contributed by atoms with E-state index in [-0.39, 0.29) is 13.4 Å². The number of hydrogen-bond acceptors (Lipinski definition) is 1. The lowest BCUT2D eigenvalue weighted by Gasteiger charge is -2.45. The van der Waals surface area contributed by atoms with E-state index in [4.69, 9.17) is 0 Å². The molecular formula is C46H53B2N. The lowest BCUT2D eigenvalue weighted by molar-refractivity contribution is 0.796. The quantitative estimate of drug-likeness (QED) is 0.173.